The van der Waals surface area contributed by atoms with Gasteiger partial charge in [-0.05, 0) is 141 Å². The van der Waals surface area contributed by atoms with Gasteiger partial charge in [-0.25, -0.2) is 0 Å². The van der Waals surface area contributed by atoms with Gasteiger partial charge in [0, 0.05) is 19.3 Å². The summed E-state index contributed by atoms with van der Waals surface area (Å²) in [7, 11) is 0. The molecule has 0 bridgehead atoms. The zero-order chi connectivity index (χ0) is 59.9. The topological polar surface area (TPSA) is 78.9 Å². The zero-order valence-electron chi connectivity index (χ0n) is 53.7. The summed E-state index contributed by atoms with van der Waals surface area (Å²) < 4.78 is 16.9. The molecule has 6 heteroatoms. The number of hydrogen-bond donors (Lipinski definition) is 0. The molecule has 0 heterocycles. The maximum atomic E-state index is 12.9. The number of carbonyl (C=O) groups is 3. The highest BCUT2D eigenvalue weighted by molar-refractivity contribution is 5.71. The highest BCUT2D eigenvalue weighted by Crippen LogP contribution is 2.15. The van der Waals surface area contributed by atoms with Crippen molar-refractivity contribution in [2.24, 2.45) is 0 Å². The molecule has 0 aliphatic heterocycles. The van der Waals surface area contributed by atoms with Gasteiger partial charge in [-0.1, -0.05) is 288 Å². The van der Waals surface area contributed by atoms with Crippen LogP contribution in [0.25, 0.3) is 0 Å². The molecule has 0 saturated heterocycles. The molecule has 6 nitrogen and oxygen atoms in total. The molecule has 0 spiro atoms. The van der Waals surface area contributed by atoms with Crippen molar-refractivity contribution in [3.05, 3.63) is 158 Å². The van der Waals surface area contributed by atoms with Crippen LogP contribution >= 0.6 is 0 Å². The molecule has 0 amide bonds. The Morgan fingerprint density at radius 2 is 0.470 bits per heavy atom. The predicted octanol–water partition coefficient (Wildman–Crippen LogP) is 23.7. The van der Waals surface area contributed by atoms with Crippen molar-refractivity contribution in [2.75, 3.05) is 13.2 Å². The van der Waals surface area contributed by atoms with Crippen LogP contribution in [0.4, 0.5) is 0 Å². The van der Waals surface area contributed by atoms with Gasteiger partial charge in [0.25, 0.3) is 0 Å². The molecule has 0 fully saturated rings. The molecule has 0 aromatic rings. The second-order valence-electron chi connectivity index (χ2n) is 22.0. The van der Waals surface area contributed by atoms with Crippen LogP contribution in [0.3, 0.4) is 0 Å². The van der Waals surface area contributed by atoms with Crippen LogP contribution in [0.2, 0.25) is 0 Å². The van der Waals surface area contributed by atoms with Gasteiger partial charge < -0.3 is 14.2 Å². The number of carbonyl (C=O) groups excluding carboxylic acids is 3. The van der Waals surface area contributed by atoms with Crippen molar-refractivity contribution in [1.29, 1.82) is 0 Å². The van der Waals surface area contributed by atoms with E-state index in [0.717, 1.165) is 173 Å². The zero-order valence-corrected chi connectivity index (χ0v) is 53.7. The molecule has 0 aliphatic rings. The van der Waals surface area contributed by atoms with Crippen LogP contribution in [-0.2, 0) is 28.6 Å². The van der Waals surface area contributed by atoms with E-state index >= 15 is 0 Å². The summed E-state index contributed by atoms with van der Waals surface area (Å²) in [6.45, 7) is 6.33. The minimum atomic E-state index is -0.801. The Hall–Kier alpha value is -4.97. The molecule has 0 rings (SSSR count). The van der Waals surface area contributed by atoms with Crippen LogP contribution in [0.15, 0.2) is 158 Å². The lowest BCUT2D eigenvalue weighted by Gasteiger charge is -2.18. The van der Waals surface area contributed by atoms with Gasteiger partial charge in [-0.2, -0.15) is 0 Å². The van der Waals surface area contributed by atoms with E-state index in [9.17, 15) is 14.4 Å². The van der Waals surface area contributed by atoms with Crippen LogP contribution < -0.4 is 0 Å². The molecule has 83 heavy (non-hydrogen) atoms. The summed E-state index contributed by atoms with van der Waals surface area (Å²) in [5, 5.41) is 0. The predicted molar refractivity (Wildman–Crippen MR) is 362 cm³/mol. The van der Waals surface area contributed by atoms with Gasteiger partial charge in [0.05, 0.1) is 0 Å². The van der Waals surface area contributed by atoms with Gasteiger partial charge in [-0.15, -0.1) is 0 Å². The van der Waals surface area contributed by atoms with Gasteiger partial charge in [0.15, 0.2) is 6.10 Å². The number of hydrogen-bond acceptors (Lipinski definition) is 6. The first-order valence-electron chi connectivity index (χ1n) is 34.0. The Morgan fingerprint density at radius 3 is 0.735 bits per heavy atom. The first kappa shape index (κ1) is 78.0. The molecule has 0 aromatic carbocycles. The standard InChI is InChI=1S/C77H124O6/c1-4-7-10-13-16-19-22-25-27-29-31-32-33-34-35-36-37-38-39-40-41-42-43-44-46-47-49-52-55-58-61-64-67-70-76(79)82-73-74(72-81-75(78)69-66-63-60-57-54-51-24-21-18-15-12-9-6-3)83-77(80)71-68-65-62-59-56-53-50-48-45-30-28-26-23-20-17-14-11-8-5-2/h7-8,10-12,15-17,19-21,24-28,31-32,34-35,37-38,40-41,45,48,74H,4-6,9,13-14,18,22-23,29-30,33,36,39,42-44,46-47,49-73H2,1-3H3/b10-7-,11-8-,15-12-,19-16-,20-17-,24-21-,27-25-,28-26-,32-31-,35-34-,38-37-,41-40-,48-45-. The number of ether oxygens (including phenoxy) is 3. The molecule has 0 N–H and O–H groups in total. The average molecular weight is 1150 g/mol. The lowest BCUT2D eigenvalue weighted by atomic mass is 10.0. The normalized spacial score (nSPS) is 13.1. The summed E-state index contributed by atoms with van der Waals surface area (Å²) in [5.41, 5.74) is 0. The van der Waals surface area contributed by atoms with E-state index in [2.05, 4.69) is 179 Å². The number of esters is 3. The Morgan fingerprint density at radius 1 is 0.253 bits per heavy atom. The molecular weight excluding hydrogens is 1020 g/mol. The molecule has 468 valence electrons. The van der Waals surface area contributed by atoms with Crippen LogP contribution in [0, 0.1) is 0 Å². The summed E-state index contributed by atoms with van der Waals surface area (Å²) >= 11 is 0. The van der Waals surface area contributed by atoms with E-state index in [1.807, 2.05) is 0 Å². The van der Waals surface area contributed by atoms with Crippen molar-refractivity contribution in [3.63, 3.8) is 0 Å². The second kappa shape index (κ2) is 69.5. The lowest BCUT2D eigenvalue weighted by Crippen LogP contribution is -2.30. The van der Waals surface area contributed by atoms with E-state index in [-0.39, 0.29) is 31.1 Å². The first-order chi connectivity index (χ1) is 41.0. The minimum Gasteiger partial charge on any atom is -0.462 e. The third-order valence-corrected chi connectivity index (χ3v) is 14.0. The maximum Gasteiger partial charge on any atom is 0.306 e. The van der Waals surface area contributed by atoms with Gasteiger partial charge in [0.2, 0.25) is 0 Å². The van der Waals surface area contributed by atoms with E-state index in [0.29, 0.717) is 19.3 Å². The SMILES string of the molecule is CC/C=C\C/C=C\C/C=C\C/C=C\C/C=C\C/C=C\C/C=C\CCCCCCCCCCCCCC(=O)OCC(COC(=O)CCCCCCC/C=C\C/C=C\CCC)OC(=O)CCCCCCCC/C=C\C/C=C\C/C=C\C/C=C\CC. The lowest BCUT2D eigenvalue weighted by molar-refractivity contribution is -0.167. The van der Waals surface area contributed by atoms with Crippen molar-refractivity contribution in [2.45, 2.75) is 297 Å². The van der Waals surface area contributed by atoms with E-state index < -0.39 is 6.10 Å². The number of unbranched alkanes of at least 4 members (excludes halogenated alkanes) is 23. The summed E-state index contributed by atoms with van der Waals surface area (Å²) in [6, 6.07) is 0. The van der Waals surface area contributed by atoms with Crippen LogP contribution in [-0.4, -0.2) is 37.2 Å². The summed E-state index contributed by atoms with van der Waals surface area (Å²) in [4.78, 5) is 38.4. The molecule has 0 radical (unpaired) electrons. The summed E-state index contributed by atoms with van der Waals surface area (Å²) in [5.74, 6) is -0.925. The monoisotopic (exact) mass is 1140 g/mol. The highest BCUT2D eigenvalue weighted by Gasteiger charge is 2.19. The van der Waals surface area contributed by atoms with E-state index in [4.69, 9.17) is 14.2 Å². The third-order valence-electron chi connectivity index (χ3n) is 14.0. The smallest absolute Gasteiger partial charge is 0.306 e. The highest BCUT2D eigenvalue weighted by atomic mass is 16.6. The quantitative estimate of drug-likeness (QED) is 0.0261. The summed E-state index contributed by atoms with van der Waals surface area (Å²) in [6.07, 6.45) is 101. The Bertz CT molecular complexity index is 1840. The third kappa shape index (κ3) is 67.7. The fourth-order valence-electron chi connectivity index (χ4n) is 8.98. The van der Waals surface area contributed by atoms with Crippen LogP contribution in [0.1, 0.15) is 290 Å². The molecule has 0 aromatic heterocycles. The first-order valence-corrected chi connectivity index (χ1v) is 34.0. The number of rotatable bonds is 60. The Kier molecular flexibility index (Phi) is 65.4. The van der Waals surface area contributed by atoms with E-state index in [1.54, 1.807) is 0 Å². The van der Waals surface area contributed by atoms with Crippen molar-refractivity contribution >= 4 is 17.9 Å². The second-order valence-corrected chi connectivity index (χ2v) is 22.0. The Labute approximate surface area is 511 Å². The van der Waals surface area contributed by atoms with Crippen LogP contribution in [0.5, 0.6) is 0 Å². The molecule has 0 saturated carbocycles. The van der Waals surface area contributed by atoms with Gasteiger partial charge in [-0.3, -0.25) is 14.4 Å². The molecule has 1 atom stereocenters. The average Bonchev–Trinajstić information content (AvgIpc) is 3.49. The fourth-order valence-corrected chi connectivity index (χ4v) is 8.98. The molecular formula is C77H124O6. The van der Waals surface area contributed by atoms with Crippen molar-refractivity contribution in [1.82, 2.24) is 0 Å². The molecule has 1 unspecified atom stereocenters. The minimum absolute atomic E-state index is 0.0949. The molecule has 0 aliphatic carbocycles. The van der Waals surface area contributed by atoms with Crippen molar-refractivity contribution < 1.29 is 28.6 Å². The van der Waals surface area contributed by atoms with E-state index in [1.165, 1.54) is 77.0 Å². The Balaban J connectivity index is 4.30. The largest absolute Gasteiger partial charge is 0.462 e. The van der Waals surface area contributed by atoms with Gasteiger partial charge in [0.1, 0.15) is 13.2 Å². The fraction of sp³-hybridized carbons (Fsp3) is 0.623. The van der Waals surface area contributed by atoms with Crippen molar-refractivity contribution in [3.8, 4) is 0 Å². The van der Waals surface area contributed by atoms with Gasteiger partial charge >= 0.3 is 17.9 Å². The number of allylic oxidation sites excluding steroid dienone is 26. The maximum absolute atomic E-state index is 12.9.